The summed E-state index contributed by atoms with van der Waals surface area (Å²) >= 11 is 1.58. The van der Waals surface area contributed by atoms with Crippen molar-refractivity contribution < 1.29 is 9.53 Å². The van der Waals surface area contributed by atoms with Gasteiger partial charge in [0.05, 0.1) is 35.2 Å². The first-order chi connectivity index (χ1) is 15.7. The van der Waals surface area contributed by atoms with Crippen LogP contribution < -0.4 is 5.32 Å². The smallest absolute Gasteiger partial charge is 0.230 e. The average molecular weight is 446 g/mol. The molecule has 0 radical (unpaired) electrons. The summed E-state index contributed by atoms with van der Waals surface area (Å²) in [5.41, 5.74) is 5.33. The monoisotopic (exact) mass is 445 g/mol. The molecule has 4 aromatic rings. The van der Waals surface area contributed by atoms with Gasteiger partial charge < -0.3 is 15.0 Å². The summed E-state index contributed by atoms with van der Waals surface area (Å²) in [6.07, 6.45) is 0. The van der Waals surface area contributed by atoms with Crippen molar-refractivity contribution >= 4 is 28.7 Å². The molecule has 0 saturated heterocycles. The van der Waals surface area contributed by atoms with Crippen LogP contribution in [0.5, 0.6) is 0 Å². The fraction of sp³-hybridized carbons (Fsp3) is 0.231. The van der Waals surface area contributed by atoms with Crippen LogP contribution in [0.4, 0.5) is 0 Å². The van der Waals surface area contributed by atoms with Gasteiger partial charge in [-0.15, -0.1) is 11.8 Å². The van der Waals surface area contributed by atoms with Crippen LogP contribution in [0.25, 0.3) is 11.0 Å². The Balaban J connectivity index is 1.17. The van der Waals surface area contributed by atoms with Crippen LogP contribution in [0.15, 0.2) is 78.9 Å². The van der Waals surface area contributed by atoms with Crippen LogP contribution in [0, 0.1) is 0 Å². The minimum atomic E-state index is 0.0215. The predicted molar refractivity (Wildman–Crippen MR) is 130 cm³/mol. The van der Waals surface area contributed by atoms with Crippen molar-refractivity contribution in [3.63, 3.8) is 0 Å². The van der Waals surface area contributed by atoms with Gasteiger partial charge in [0.1, 0.15) is 5.82 Å². The first kappa shape index (κ1) is 22.1. The van der Waals surface area contributed by atoms with E-state index >= 15 is 0 Å². The Morgan fingerprint density at radius 2 is 1.59 bits per heavy atom. The highest BCUT2D eigenvalue weighted by atomic mass is 32.2. The Labute approximate surface area is 192 Å². The van der Waals surface area contributed by atoms with Gasteiger partial charge >= 0.3 is 0 Å². The van der Waals surface area contributed by atoms with E-state index < -0.39 is 0 Å². The number of ether oxygens (including phenoxy) is 1. The molecule has 0 aliphatic heterocycles. The molecule has 0 bridgehead atoms. The average Bonchev–Trinajstić information content (AvgIpc) is 3.27. The summed E-state index contributed by atoms with van der Waals surface area (Å²) in [5, 5.41) is 3.11. The molecule has 1 heterocycles. The lowest BCUT2D eigenvalue weighted by molar-refractivity contribution is -0.118. The van der Waals surface area contributed by atoms with E-state index in [9.17, 15) is 4.79 Å². The number of amides is 1. The number of nitrogens with one attached hydrogen (secondary N) is 2. The molecular formula is C26H27N3O2S. The van der Waals surface area contributed by atoms with Gasteiger partial charge in [-0.25, -0.2) is 4.98 Å². The number of carbonyl (C=O) groups is 1. The van der Waals surface area contributed by atoms with Crippen LogP contribution in [-0.2, 0) is 29.3 Å². The van der Waals surface area contributed by atoms with E-state index in [0.29, 0.717) is 25.5 Å². The van der Waals surface area contributed by atoms with Crippen molar-refractivity contribution in [3.8, 4) is 0 Å². The minimum absolute atomic E-state index is 0.0215. The number of imidazole rings is 1. The maximum atomic E-state index is 12.3. The molecule has 1 amide bonds. The molecule has 0 aliphatic carbocycles. The Kier molecular flexibility index (Phi) is 7.59. The van der Waals surface area contributed by atoms with E-state index in [2.05, 4.69) is 34.3 Å². The highest BCUT2D eigenvalue weighted by molar-refractivity contribution is 8.00. The van der Waals surface area contributed by atoms with Crippen molar-refractivity contribution in [1.82, 2.24) is 15.3 Å². The number of aromatic nitrogens is 2. The topological polar surface area (TPSA) is 67.0 Å². The second-order valence-corrected chi connectivity index (χ2v) is 8.99. The minimum Gasteiger partial charge on any atom is -0.372 e. The number of benzene rings is 3. The number of hydrogen-bond acceptors (Lipinski definition) is 4. The van der Waals surface area contributed by atoms with E-state index in [0.717, 1.165) is 28.0 Å². The van der Waals surface area contributed by atoms with Crippen LogP contribution in [0.3, 0.4) is 0 Å². The number of hydrogen-bond donors (Lipinski definition) is 2. The number of thioether (sulfide) groups is 1. The van der Waals surface area contributed by atoms with Gasteiger partial charge in [-0.05, 0) is 35.7 Å². The lowest BCUT2D eigenvalue weighted by Gasteiger charge is -2.10. The fourth-order valence-corrected chi connectivity index (χ4v) is 4.08. The number of fused-ring (bicyclic) bond motifs is 1. The second kappa shape index (κ2) is 11.0. The summed E-state index contributed by atoms with van der Waals surface area (Å²) < 4.78 is 5.77. The maximum absolute atomic E-state index is 12.3. The normalized spacial score (nSPS) is 12.0. The SMILES string of the molecule is CC(SCC(=O)NCc1ccc(COCc2ccccc2)cc1)c1nc2ccccc2[nH]1. The summed E-state index contributed by atoms with van der Waals surface area (Å²) in [4.78, 5) is 20.2. The Morgan fingerprint density at radius 3 is 2.34 bits per heavy atom. The highest BCUT2D eigenvalue weighted by Gasteiger charge is 2.13. The van der Waals surface area contributed by atoms with Crippen molar-refractivity contribution in [2.24, 2.45) is 0 Å². The largest absolute Gasteiger partial charge is 0.372 e. The lowest BCUT2D eigenvalue weighted by atomic mass is 10.1. The Hall–Kier alpha value is -3.09. The quantitative estimate of drug-likeness (QED) is 0.343. The third-order valence-electron chi connectivity index (χ3n) is 5.15. The molecule has 164 valence electrons. The zero-order valence-electron chi connectivity index (χ0n) is 18.1. The summed E-state index contributed by atoms with van der Waals surface area (Å²) in [6, 6.07) is 26.3. The number of nitrogens with zero attached hydrogens (tertiary/aromatic N) is 1. The fourth-order valence-electron chi connectivity index (χ4n) is 3.31. The highest BCUT2D eigenvalue weighted by Crippen LogP contribution is 2.27. The van der Waals surface area contributed by atoms with Gasteiger partial charge in [0, 0.05) is 6.54 Å². The lowest BCUT2D eigenvalue weighted by Crippen LogP contribution is -2.24. The molecule has 1 unspecified atom stereocenters. The van der Waals surface area contributed by atoms with E-state index in [4.69, 9.17) is 4.74 Å². The van der Waals surface area contributed by atoms with Crippen LogP contribution in [0.2, 0.25) is 0 Å². The maximum Gasteiger partial charge on any atom is 0.230 e. The predicted octanol–water partition coefficient (Wildman–Crippen LogP) is 5.39. The summed E-state index contributed by atoms with van der Waals surface area (Å²) in [7, 11) is 0. The first-order valence-electron chi connectivity index (χ1n) is 10.7. The molecule has 0 aliphatic rings. The summed E-state index contributed by atoms with van der Waals surface area (Å²) in [6.45, 7) is 3.75. The molecule has 0 fully saturated rings. The molecule has 0 saturated carbocycles. The van der Waals surface area contributed by atoms with Gasteiger partial charge in [0.2, 0.25) is 5.91 Å². The van der Waals surface area contributed by atoms with Crippen molar-refractivity contribution in [1.29, 1.82) is 0 Å². The van der Waals surface area contributed by atoms with Gasteiger partial charge in [0.25, 0.3) is 0 Å². The van der Waals surface area contributed by atoms with E-state index in [1.807, 2.05) is 66.7 Å². The number of H-pyrrole nitrogens is 1. The van der Waals surface area contributed by atoms with Crippen LogP contribution >= 0.6 is 11.8 Å². The second-order valence-electron chi connectivity index (χ2n) is 7.66. The molecule has 0 spiro atoms. The standard InChI is InChI=1S/C26H27N3O2S/c1-19(26-28-23-9-5-6-10-24(23)29-26)32-18-25(30)27-15-20-11-13-22(14-12-20)17-31-16-21-7-3-2-4-8-21/h2-14,19H,15-18H2,1H3,(H,27,30)(H,28,29). The third-order valence-corrected chi connectivity index (χ3v) is 6.30. The molecule has 6 heteroatoms. The van der Waals surface area contributed by atoms with Gasteiger partial charge in [-0.1, -0.05) is 66.7 Å². The molecule has 4 rings (SSSR count). The Bertz CT molecular complexity index is 1110. The molecule has 5 nitrogen and oxygen atoms in total. The van der Waals surface area contributed by atoms with Crippen molar-refractivity contribution in [2.45, 2.75) is 31.9 Å². The molecule has 1 atom stereocenters. The van der Waals surface area contributed by atoms with E-state index in [-0.39, 0.29) is 11.2 Å². The van der Waals surface area contributed by atoms with E-state index in [1.165, 1.54) is 5.56 Å². The van der Waals surface area contributed by atoms with Gasteiger partial charge in [-0.2, -0.15) is 0 Å². The zero-order valence-corrected chi connectivity index (χ0v) is 18.9. The molecule has 32 heavy (non-hydrogen) atoms. The number of carbonyl (C=O) groups excluding carboxylic acids is 1. The Morgan fingerprint density at radius 1 is 0.938 bits per heavy atom. The third kappa shape index (κ3) is 6.22. The number of rotatable bonds is 10. The molecule has 1 aromatic heterocycles. The summed E-state index contributed by atoms with van der Waals surface area (Å²) in [5.74, 6) is 1.31. The first-order valence-corrected chi connectivity index (χ1v) is 11.7. The zero-order chi connectivity index (χ0) is 22.2. The van der Waals surface area contributed by atoms with Gasteiger partial charge in [0.15, 0.2) is 0 Å². The van der Waals surface area contributed by atoms with E-state index in [1.54, 1.807) is 11.8 Å². The van der Waals surface area contributed by atoms with Crippen molar-refractivity contribution in [3.05, 3.63) is 101 Å². The molecule has 3 aromatic carbocycles. The van der Waals surface area contributed by atoms with Crippen LogP contribution in [0.1, 0.15) is 34.7 Å². The number of aromatic amines is 1. The van der Waals surface area contributed by atoms with Crippen molar-refractivity contribution in [2.75, 3.05) is 5.75 Å². The molecule has 2 N–H and O–H groups in total. The molecular weight excluding hydrogens is 418 g/mol. The van der Waals surface area contributed by atoms with Crippen LogP contribution in [-0.4, -0.2) is 21.6 Å². The number of para-hydroxylation sites is 2. The van der Waals surface area contributed by atoms with Gasteiger partial charge in [-0.3, -0.25) is 4.79 Å².